The Morgan fingerprint density at radius 3 is 2.91 bits per heavy atom. The fourth-order valence-corrected chi connectivity index (χ4v) is 0.967. The predicted octanol–water partition coefficient (Wildman–Crippen LogP) is 1.29. The molecule has 0 bridgehead atoms. The van der Waals surface area contributed by atoms with E-state index in [2.05, 4.69) is 5.10 Å². The van der Waals surface area contributed by atoms with Crippen molar-refractivity contribution in [2.75, 3.05) is 0 Å². The van der Waals surface area contributed by atoms with Gasteiger partial charge in [-0.25, -0.2) is 0 Å². The van der Waals surface area contributed by atoms with Gasteiger partial charge in [0.25, 0.3) is 0 Å². The molecule has 0 radical (unpaired) electrons. The molecule has 1 aromatic heterocycles. The van der Waals surface area contributed by atoms with E-state index in [4.69, 9.17) is 11.6 Å². The number of nitrogens with zero attached hydrogens (tertiary/aromatic N) is 2. The summed E-state index contributed by atoms with van der Waals surface area (Å²) in [5, 5.41) is 4.43. The van der Waals surface area contributed by atoms with Gasteiger partial charge >= 0.3 is 0 Å². The highest BCUT2D eigenvalue weighted by atomic mass is 35.5. The molecule has 4 heteroatoms. The number of aryl methyl sites for hydroxylation is 1. The van der Waals surface area contributed by atoms with Crippen molar-refractivity contribution in [1.82, 2.24) is 9.78 Å². The fourth-order valence-electron chi connectivity index (χ4n) is 0.738. The number of rotatable bonds is 2. The van der Waals surface area contributed by atoms with E-state index in [1.165, 1.54) is 12.3 Å². The number of carbonyl (C=O) groups is 1. The van der Waals surface area contributed by atoms with E-state index >= 15 is 0 Å². The first kappa shape index (κ1) is 8.01. The quantitative estimate of drug-likeness (QED) is 0.495. The zero-order valence-corrected chi connectivity index (χ0v) is 6.75. The summed E-state index contributed by atoms with van der Waals surface area (Å²) in [5.74, 6) is 0. The normalized spacial score (nSPS) is 10.7. The van der Waals surface area contributed by atoms with Gasteiger partial charge in [0.2, 0.25) is 0 Å². The number of hydrogen-bond acceptors (Lipinski definition) is 2. The predicted molar refractivity (Wildman–Crippen MR) is 43.3 cm³/mol. The van der Waals surface area contributed by atoms with Gasteiger partial charge in [0.15, 0.2) is 0 Å². The van der Waals surface area contributed by atoms with E-state index in [-0.39, 0.29) is 0 Å². The topological polar surface area (TPSA) is 34.9 Å². The number of aromatic nitrogens is 2. The Labute approximate surface area is 69.3 Å². The molecule has 0 amide bonds. The minimum Gasteiger partial charge on any atom is -0.299 e. The molecule has 0 aliphatic rings. The molecule has 0 saturated carbocycles. The lowest BCUT2D eigenvalue weighted by Gasteiger charge is -1.92. The maximum atomic E-state index is 9.96. The summed E-state index contributed by atoms with van der Waals surface area (Å²) < 4.78 is 1.60. The lowest BCUT2D eigenvalue weighted by atomic mass is 10.4. The van der Waals surface area contributed by atoms with E-state index < -0.39 is 0 Å². The SMILES string of the molecule is Cn1ncc(Cl)c1/C=C/C=O. The number of halogens is 1. The van der Waals surface area contributed by atoms with Gasteiger partial charge in [-0.3, -0.25) is 9.48 Å². The minimum absolute atomic E-state index is 0.547. The van der Waals surface area contributed by atoms with Crippen LogP contribution in [0.25, 0.3) is 6.08 Å². The third-order valence-corrected chi connectivity index (χ3v) is 1.56. The van der Waals surface area contributed by atoms with Crippen LogP contribution in [0.5, 0.6) is 0 Å². The third-order valence-electron chi connectivity index (χ3n) is 1.27. The third kappa shape index (κ3) is 1.68. The lowest BCUT2D eigenvalue weighted by molar-refractivity contribution is -0.104. The van der Waals surface area contributed by atoms with E-state index in [1.54, 1.807) is 17.8 Å². The molecule has 0 fully saturated rings. The standard InChI is InChI=1S/C7H7ClN2O/c1-10-7(3-2-4-11)6(8)5-9-10/h2-5H,1H3/b3-2+. The monoisotopic (exact) mass is 170 g/mol. The number of carbonyl (C=O) groups excluding carboxylic acids is 1. The summed E-state index contributed by atoms with van der Waals surface area (Å²) >= 11 is 5.73. The van der Waals surface area contributed by atoms with Crippen LogP contribution in [0.4, 0.5) is 0 Å². The zero-order chi connectivity index (χ0) is 8.27. The molecule has 1 rings (SSSR count). The van der Waals surface area contributed by atoms with Crippen molar-refractivity contribution in [3.63, 3.8) is 0 Å². The zero-order valence-electron chi connectivity index (χ0n) is 5.99. The first-order valence-electron chi connectivity index (χ1n) is 3.05. The number of aldehydes is 1. The van der Waals surface area contributed by atoms with Crippen molar-refractivity contribution in [3.8, 4) is 0 Å². The van der Waals surface area contributed by atoms with Gasteiger partial charge in [-0.05, 0) is 12.2 Å². The van der Waals surface area contributed by atoms with E-state index in [9.17, 15) is 4.79 Å². The van der Waals surface area contributed by atoms with Crippen LogP contribution in [0.3, 0.4) is 0 Å². The molecule has 0 N–H and O–H groups in total. The van der Waals surface area contributed by atoms with Crippen molar-refractivity contribution in [1.29, 1.82) is 0 Å². The van der Waals surface area contributed by atoms with Crippen molar-refractivity contribution < 1.29 is 4.79 Å². The van der Waals surface area contributed by atoms with Crippen molar-refractivity contribution >= 4 is 24.0 Å². The summed E-state index contributed by atoms with van der Waals surface area (Å²) in [4.78, 5) is 9.96. The average Bonchev–Trinajstić information content (AvgIpc) is 2.29. The van der Waals surface area contributed by atoms with Crippen LogP contribution < -0.4 is 0 Å². The van der Waals surface area contributed by atoms with Crippen LogP contribution in [0.2, 0.25) is 5.02 Å². The van der Waals surface area contributed by atoms with E-state index in [0.717, 1.165) is 5.69 Å². The molecule has 3 nitrogen and oxygen atoms in total. The largest absolute Gasteiger partial charge is 0.299 e. The van der Waals surface area contributed by atoms with Crippen LogP contribution in [-0.4, -0.2) is 16.1 Å². The molecule has 0 aliphatic heterocycles. The number of hydrogen-bond donors (Lipinski definition) is 0. The van der Waals surface area contributed by atoms with Gasteiger partial charge in [-0.2, -0.15) is 5.10 Å². The van der Waals surface area contributed by atoms with Gasteiger partial charge in [0.1, 0.15) is 6.29 Å². The van der Waals surface area contributed by atoms with Crippen molar-refractivity contribution in [3.05, 3.63) is 23.0 Å². The molecule has 0 aliphatic carbocycles. The molecule has 0 aromatic carbocycles. The number of allylic oxidation sites excluding steroid dienone is 1. The summed E-state index contributed by atoms with van der Waals surface area (Å²) in [5.41, 5.74) is 0.735. The van der Waals surface area contributed by atoms with Crippen LogP contribution in [0.1, 0.15) is 5.69 Å². The first-order chi connectivity index (χ1) is 5.25. The summed E-state index contributed by atoms with van der Waals surface area (Å²) in [6.45, 7) is 0. The van der Waals surface area contributed by atoms with Crippen molar-refractivity contribution in [2.24, 2.45) is 7.05 Å². The maximum Gasteiger partial charge on any atom is 0.142 e. The highest BCUT2D eigenvalue weighted by molar-refractivity contribution is 6.31. The lowest BCUT2D eigenvalue weighted by Crippen LogP contribution is -1.92. The Hall–Kier alpha value is -1.09. The maximum absolute atomic E-state index is 9.96. The molecule has 11 heavy (non-hydrogen) atoms. The Morgan fingerprint density at radius 2 is 2.45 bits per heavy atom. The Morgan fingerprint density at radius 1 is 1.73 bits per heavy atom. The highest BCUT2D eigenvalue weighted by Crippen LogP contribution is 2.14. The Balaban J connectivity index is 3.00. The minimum atomic E-state index is 0.547. The fraction of sp³-hybridized carbons (Fsp3) is 0.143. The Kier molecular flexibility index (Phi) is 2.44. The molecular formula is C7H7ClN2O. The average molecular weight is 171 g/mol. The van der Waals surface area contributed by atoms with Gasteiger partial charge < -0.3 is 0 Å². The molecule has 1 heterocycles. The molecule has 1 aromatic rings. The second-order valence-corrected chi connectivity index (χ2v) is 2.40. The van der Waals surface area contributed by atoms with Gasteiger partial charge in [0, 0.05) is 7.05 Å². The molecular weight excluding hydrogens is 164 g/mol. The van der Waals surface area contributed by atoms with Gasteiger partial charge in [-0.15, -0.1) is 0 Å². The molecule has 0 unspecified atom stereocenters. The van der Waals surface area contributed by atoms with Gasteiger partial charge in [-0.1, -0.05) is 11.6 Å². The molecule has 0 spiro atoms. The van der Waals surface area contributed by atoms with Crippen LogP contribution in [0.15, 0.2) is 12.3 Å². The Bertz CT molecular complexity index is 271. The summed E-state index contributed by atoms with van der Waals surface area (Å²) in [6.07, 6.45) is 5.22. The van der Waals surface area contributed by atoms with E-state index in [1.807, 2.05) is 0 Å². The second-order valence-electron chi connectivity index (χ2n) is 2.00. The van der Waals surface area contributed by atoms with E-state index in [0.29, 0.717) is 11.3 Å². The molecule has 0 atom stereocenters. The highest BCUT2D eigenvalue weighted by Gasteiger charge is 2.00. The summed E-state index contributed by atoms with van der Waals surface area (Å²) in [7, 11) is 1.76. The smallest absolute Gasteiger partial charge is 0.142 e. The van der Waals surface area contributed by atoms with Gasteiger partial charge in [0.05, 0.1) is 16.9 Å². The van der Waals surface area contributed by atoms with Crippen LogP contribution in [0, 0.1) is 0 Å². The van der Waals surface area contributed by atoms with Crippen molar-refractivity contribution in [2.45, 2.75) is 0 Å². The second kappa shape index (κ2) is 3.34. The molecule has 58 valence electrons. The first-order valence-corrected chi connectivity index (χ1v) is 3.43. The van der Waals surface area contributed by atoms with Crippen LogP contribution >= 0.6 is 11.6 Å². The summed E-state index contributed by atoms with van der Waals surface area (Å²) in [6, 6.07) is 0. The van der Waals surface area contributed by atoms with Crippen LogP contribution in [-0.2, 0) is 11.8 Å². The molecule has 0 saturated heterocycles.